The molecule has 1 N–H and O–H groups in total. The van der Waals surface area contributed by atoms with Crippen molar-refractivity contribution in [3.05, 3.63) is 24.2 Å². The van der Waals surface area contributed by atoms with E-state index in [2.05, 4.69) is 5.16 Å². The van der Waals surface area contributed by atoms with Crippen molar-refractivity contribution in [1.82, 2.24) is 0 Å². The Labute approximate surface area is 56.8 Å². The quantitative estimate of drug-likeness (QED) is 0.283. The van der Waals surface area contributed by atoms with Crippen molar-refractivity contribution in [1.29, 1.82) is 0 Å². The lowest BCUT2D eigenvalue weighted by atomic mass is 10.3. The van der Waals surface area contributed by atoms with Gasteiger partial charge in [-0.1, -0.05) is 5.16 Å². The number of furan rings is 1. The van der Waals surface area contributed by atoms with Gasteiger partial charge in [0.15, 0.2) is 17.8 Å². The molecule has 0 amide bonds. The first-order valence-electron chi connectivity index (χ1n) is 2.59. The molecule has 0 aromatic carbocycles. The van der Waals surface area contributed by atoms with Gasteiger partial charge in [-0.2, -0.15) is 0 Å². The third-order valence-corrected chi connectivity index (χ3v) is 0.993. The number of oxime groups is 1. The van der Waals surface area contributed by atoms with E-state index >= 15 is 0 Å². The number of rotatable bonds is 2. The highest BCUT2D eigenvalue weighted by Gasteiger charge is 2.03. The molecule has 0 aliphatic carbocycles. The molecule has 4 heteroatoms. The van der Waals surface area contributed by atoms with E-state index < -0.39 is 0 Å². The summed E-state index contributed by atoms with van der Waals surface area (Å²) in [6, 6.07) is 3.13. The second-order valence-corrected chi connectivity index (χ2v) is 1.58. The van der Waals surface area contributed by atoms with Crippen molar-refractivity contribution in [2.24, 2.45) is 5.16 Å². The Bertz CT molecular complexity index is 238. The van der Waals surface area contributed by atoms with Gasteiger partial charge in [0.1, 0.15) is 0 Å². The SMILES string of the molecule is O=CC(=NO)c1ccco1. The fourth-order valence-corrected chi connectivity index (χ4v) is 0.555. The molecule has 0 bridgehead atoms. The summed E-state index contributed by atoms with van der Waals surface area (Å²) in [5.74, 6) is 0.262. The van der Waals surface area contributed by atoms with Gasteiger partial charge in [0, 0.05) is 0 Å². The van der Waals surface area contributed by atoms with Crippen LogP contribution in [0, 0.1) is 0 Å². The van der Waals surface area contributed by atoms with E-state index in [9.17, 15) is 4.79 Å². The first-order chi connectivity index (χ1) is 4.88. The van der Waals surface area contributed by atoms with E-state index in [0.29, 0.717) is 6.29 Å². The lowest BCUT2D eigenvalue weighted by molar-refractivity contribution is -0.102. The van der Waals surface area contributed by atoms with Crippen molar-refractivity contribution in [3.8, 4) is 0 Å². The van der Waals surface area contributed by atoms with Gasteiger partial charge < -0.3 is 9.62 Å². The van der Waals surface area contributed by atoms with Crippen LogP contribution in [0.3, 0.4) is 0 Å². The Hall–Kier alpha value is -1.58. The molecule has 0 saturated carbocycles. The fraction of sp³-hybridized carbons (Fsp3) is 0. The molecule has 0 aliphatic rings. The van der Waals surface area contributed by atoms with E-state index in [4.69, 9.17) is 9.62 Å². The van der Waals surface area contributed by atoms with Crippen LogP contribution in [0.2, 0.25) is 0 Å². The van der Waals surface area contributed by atoms with Crippen molar-refractivity contribution >= 4 is 12.0 Å². The lowest BCUT2D eigenvalue weighted by Gasteiger charge is -1.85. The molecule has 0 atom stereocenters. The zero-order valence-corrected chi connectivity index (χ0v) is 5.02. The Morgan fingerprint density at radius 3 is 3.00 bits per heavy atom. The third kappa shape index (κ3) is 1.05. The Morgan fingerprint density at radius 2 is 2.60 bits per heavy atom. The molecular formula is C6H5NO3. The molecule has 0 aliphatic heterocycles. The van der Waals surface area contributed by atoms with Crippen molar-refractivity contribution in [3.63, 3.8) is 0 Å². The highest BCUT2D eigenvalue weighted by molar-refractivity contribution is 6.35. The summed E-state index contributed by atoms with van der Waals surface area (Å²) in [6.45, 7) is 0. The molecule has 0 radical (unpaired) electrons. The topological polar surface area (TPSA) is 62.8 Å². The van der Waals surface area contributed by atoms with Crippen molar-refractivity contribution in [2.45, 2.75) is 0 Å². The van der Waals surface area contributed by atoms with Gasteiger partial charge in [-0.3, -0.25) is 4.79 Å². The van der Waals surface area contributed by atoms with Crippen LogP contribution in [0.4, 0.5) is 0 Å². The van der Waals surface area contributed by atoms with Gasteiger partial charge in [0.05, 0.1) is 6.26 Å². The number of aldehydes is 1. The monoisotopic (exact) mass is 139 g/mol. The number of hydrogen-bond donors (Lipinski definition) is 1. The van der Waals surface area contributed by atoms with Crippen LogP contribution in [-0.4, -0.2) is 17.2 Å². The highest BCUT2D eigenvalue weighted by atomic mass is 16.4. The van der Waals surface area contributed by atoms with Crippen LogP contribution in [0.25, 0.3) is 0 Å². The van der Waals surface area contributed by atoms with Gasteiger partial charge >= 0.3 is 0 Å². The van der Waals surface area contributed by atoms with Gasteiger partial charge in [-0.25, -0.2) is 0 Å². The zero-order chi connectivity index (χ0) is 7.40. The molecule has 4 nitrogen and oxygen atoms in total. The summed E-state index contributed by atoms with van der Waals surface area (Å²) in [5, 5.41) is 10.9. The maximum absolute atomic E-state index is 10.1. The molecule has 0 fully saturated rings. The van der Waals surface area contributed by atoms with E-state index in [1.807, 2.05) is 0 Å². The van der Waals surface area contributed by atoms with Gasteiger partial charge in [0.25, 0.3) is 0 Å². The second-order valence-electron chi connectivity index (χ2n) is 1.58. The predicted octanol–water partition coefficient (Wildman–Crippen LogP) is 0.657. The largest absolute Gasteiger partial charge is 0.462 e. The molecule has 0 spiro atoms. The Kier molecular flexibility index (Phi) is 1.84. The number of hydrogen-bond acceptors (Lipinski definition) is 4. The minimum Gasteiger partial charge on any atom is -0.462 e. The molecule has 10 heavy (non-hydrogen) atoms. The average Bonchev–Trinajstić information content (AvgIpc) is 2.43. The van der Waals surface area contributed by atoms with Crippen LogP contribution in [-0.2, 0) is 4.79 Å². The smallest absolute Gasteiger partial charge is 0.184 e. The molecular weight excluding hydrogens is 134 g/mol. The van der Waals surface area contributed by atoms with Gasteiger partial charge in [0.2, 0.25) is 0 Å². The summed E-state index contributed by atoms with van der Waals surface area (Å²) in [5.41, 5.74) is -0.106. The van der Waals surface area contributed by atoms with E-state index in [1.54, 1.807) is 6.07 Å². The van der Waals surface area contributed by atoms with Gasteiger partial charge in [-0.05, 0) is 12.1 Å². The third-order valence-electron chi connectivity index (χ3n) is 0.993. The van der Waals surface area contributed by atoms with Gasteiger partial charge in [-0.15, -0.1) is 0 Å². The first kappa shape index (κ1) is 6.54. The van der Waals surface area contributed by atoms with Crippen molar-refractivity contribution < 1.29 is 14.4 Å². The molecule has 0 unspecified atom stereocenters. The zero-order valence-electron chi connectivity index (χ0n) is 5.02. The minimum atomic E-state index is -0.106. The van der Waals surface area contributed by atoms with Crippen LogP contribution in [0.5, 0.6) is 0 Å². The molecule has 0 saturated heterocycles. The molecule has 1 aromatic rings. The van der Waals surface area contributed by atoms with Crippen molar-refractivity contribution in [2.75, 3.05) is 0 Å². The Morgan fingerprint density at radius 1 is 1.80 bits per heavy atom. The summed E-state index contributed by atoms with van der Waals surface area (Å²) < 4.78 is 4.76. The minimum absolute atomic E-state index is 0.106. The van der Waals surface area contributed by atoms with Crippen LogP contribution >= 0.6 is 0 Å². The summed E-state index contributed by atoms with van der Waals surface area (Å²) in [6.07, 6.45) is 1.81. The summed E-state index contributed by atoms with van der Waals surface area (Å²) >= 11 is 0. The summed E-state index contributed by atoms with van der Waals surface area (Å²) in [7, 11) is 0. The number of carbonyl (C=O) groups excluding carboxylic acids is 1. The lowest BCUT2D eigenvalue weighted by Crippen LogP contribution is -1.99. The first-order valence-corrected chi connectivity index (χ1v) is 2.59. The normalized spacial score (nSPS) is 11.4. The van der Waals surface area contributed by atoms with Crippen LogP contribution in [0.1, 0.15) is 5.76 Å². The molecule has 1 heterocycles. The standard InChI is InChI=1S/C6H5NO3/c8-4-5(7-9)6-2-1-3-10-6/h1-4,9H. The summed E-state index contributed by atoms with van der Waals surface area (Å²) in [4.78, 5) is 10.1. The van der Waals surface area contributed by atoms with E-state index in [-0.39, 0.29) is 11.5 Å². The highest BCUT2D eigenvalue weighted by Crippen LogP contribution is 1.99. The fourth-order valence-electron chi connectivity index (χ4n) is 0.555. The van der Waals surface area contributed by atoms with Crippen LogP contribution < -0.4 is 0 Å². The van der Waals surface area contributed by atoms with E-state index in [0.717, 1.165) is 0 Å². The molecule has 1 aromatic heterocycles. The Balaban J connectivity index is 2.95. The number of nitrogens with zero attached hydrogens (tertiary/aromatic N) is 1. The van der Waals surface area contributed by atoms with Crippen LogP contribution in [0.15, 0.2) is 28.0 Å². The number of carbonyl (C=O) groups is 1. The average molecular weight is 139 g/mol. The maximum Gasteiger partial charge on any atom is 0.184 e. The molecule has 52 valence electrons. The second kappa shape index (κ2) is 2.82. The predicted molar refractivity (Wildman–Crippen MR) is 33.1 cm³/mol. The molecule has 1 rings (SSSR count). The van der Waals surface area contributed by atoms with E-state index in [1.165, 1.54) is 12.3 Å². The maximum atomic E-state index is 10.1.